The van der Waals surface area contributed by atoms with E-state index in [0.29, 0.717) is 39.7 Å². The molecule has 6 rings (SSSR count). The number of furan rings is 1. The molecule has 4 heterocycles. The zero-order valence-electron chi connectivity index (χ0n) is 13.4. The zero-order chi connectivity index (χ0) is 17.5. The molecule has 0 spiro atoms. The summed E-state index contributed by atoms with van der Waals surface area (Å²) < 4.78 is 27.8. The Bertz CT molecular complexity index is 1100. The molecular weight excluding hydrogens is 340 g/mol. The molecule has 0 bridgehead atoms. The molecule has 0 saturated carbocycles. The van der Waals surface area contributed by atoms with Crippen LogP contribution in [0.25, 0.3) is 11.0 Å². The molecule has 3 aromatic rings. The monoisotopic (exact) mass is 352 g/mol. The molecule has 2 atom stereocenters. The number of Topliss-reactive ketones (excluding diaryl/α,β-unsaturated/α-hetero) is 1. The highest BCUT2D eigenvalue weighted by Crippen LogP contribution is 2.50. The van der Waals surface area contributed by atoms with E-state index < -0.39 is 17.5 Å². The van der Waals surface area contributed by atoms with Gasteiger partial charge in [0.05, 0.1) is 11.8 Å². The minimum atomic E-state index is -1.86. The summed E-state index contributed by atoms with van der Waals surface area (Å²) in [6, 6.07) is 8.32. The number of fused-ring (bicyclic) bond motifs is 6. The van der Waals surface area contributed by atoms with E-state index in [1.807, 2.05) is 0 Å². The van der Waals surface area contributed by atoms with Crippen molar-refractivity contribution < 1.29 is 33.3 Å². The summed E-state index contributed by atoms with van der Waals surface area (Å²) in [6.07, 6.45) is 0.671. The van der Waals surface area contributed by atoms with Crippen molar-refractivity contribution in [2.75, 3.05) is 13.4 Å². The van der Waals surface area contributed by atoms with Gasteiger partial charge in [0.25, 0.3) is 0 Å². The lowest BCUT2D eigenvalue weighted by atomic mass is 9.77. The third-order valence-corrected chi connectivity index (χ3v) is 5.16. The fourth-order valence-electron chi connectivity index (χ4n) is 3.81. The van der Waals surface area contributed by atoms with Gasteiger partial charge in [-0.3, -0.25) is 4.79 Å². The molecule has 0 saturated heterocycles. The van der Waals surface area contributed by atoms with Crippen LogP contribution in [0.4, 0.5) is 0 Å². The topological polar surface area (TPSA) is 87.4 Å². The normalized spacial score (nSPS) is 25.1. The highest BCUT2D eigenvalue weighted by Gasteiger charge is 2.56. The van der Waals surface area contributed by atoms with Gasteiger partial charge in [0.15, 0.2) is 23.2 Å². The van der Waals surface area contributed by atoms with Crippen LogP contribution in [0.2, 0.25) is 0 Å². The zero-order valence-corrected chi connectivity index (χ0v) is 13.4. The lowest BCUT2D eigenvalue weighted by Gasteiger charge is -2.42. The second-order valence-electron chi connectivity index (χ2n) is 6.52. The van der Waals surface area contributed by atoms with Crippen molar-refractivity contribution in [3.63, 3.8) is 0 Å². The number of hydrogen-bond acceptors (Lipinski definition) is 7. The van der Waals surface area contributed by atoms with Crippen LogP contribution in [0.5, 0.6) is 23.0 Å². The van der Waals surface area contributed by atoms with Crippen LogP contribution in [-0.2, 0) is 5.60 Å². The van der Waals surface area contributed by atoms with Crippen molar-refractivity contribution in [1.29, 1.82) is 0 Å². The number of carbonyl (C=O) groups excluding carboxylic acids is 1. The third kappa shape index (κ3) is 1.58. The predicted octanol–water partition coefficient (Wildman–Crippen LogP) is 2.39. The van der Waals surface area contributed by atoms with Gasteiger partial charge in [-0.1, -0.05) is 0 Å². The second kappa shape index (κ2) is 4.50. The van der Waals surface area contributed by atoms with Crippen molar-refractivity contribution in [1.82, 2.24) is 0 Å². The molecule has 130 valence electrons. The number of carbonyl (C=O) groups is 1. The van der Waals surface area contributed by atoms with Crippen molar-refractivity contribution in [2.24, 2.45) is 0 Å². The maximum absolute atomic E-state index is 13.3. The van der Waals surface area contributed by atoms with Gasteiger partial charge in [0.1, 0.15) is 23.7 Å². The van der Waals surface area contributed by atoms with E-state index in [-0.39, 0.29) is 13.4 Å². The van der Waals surface area contributed by atoms with E-state index in [9.17, 15) is 9.90 Å². The van der Waals surface area contributed by atoms with E-state index >= 15 is 0 Å². The van der Waals surface area contributed by atoms with Gasteiger partial charge < -0.3 is 28.5 Å². The number of rotatable bonds is 0. The van der Waals surface area contributed by atoms with Gasteiger partial charge in [-0.15, -0.1) is 0 Å². The van der Waals surface area contributed by atoms with Crippen LogP contribution >= 0.6 is 0 Å². The van der Waals surface area contributed by atoms with Crippen molar-refractivity contribution in [2.45, 2.75) is 11.7 Å². The highest BCUT2D eigenvalue weighted by atomic mass is 16.7. The van der Waals surface area contributed by atoms with Crippen LogP contribution < -0.4 is 18.9 Å². The van der Waals surface area contributed by atoms with Crippen LogP contribution in [-0.4, -0.2) is 30.4 Å². The summed E-state index contributed by atoms with van der Waals surface area (Å²) in [7, 11) is 0. The molecule has 0 amide bonds. The molecule has 7 nitrogen and oxygen atoms in total. The van der Waals surface area contributed by atoms with Gasteiger partial charge in [0.2, 0.25) is 12.6 Å². The van der Waals surface area contributed by atoms with E-state index in [1.165, 1.54) is 0 Å². The Kier molecular flexibility index (Phi) is 2.43. The summed E-state index contributed by atoms with van der Waals surface area (Å²) in [5.74, 6) is 1.31. The Morgan fingerprint density at radius 3 is 2.73 bits per heavy atom. The molecule has 7 heteroatoms. The molecule has 0 radical (unpaired) electrons. The van der Waals surface area contributed by atoms with Gasteiger partial charge >= 0.3 is 0 Å². The fourth-order valence-corrected chi connectivity index (χ4v) is 3.81. The Labute approximate surface area is 146 Å². The molecule has 3 aliphatic rings. The molecule has 1 aromatic heterocycles. The number of hydrogen-bond donors (Lipinski definition) is 1. The number of aliphatic hydroxyl groups is 1. The van der Waals surface area contributed by atoms with Gasteiger partial charge in [-0.05, 0) is 18.2 Å². The summed E-state index contributed by atoms with van der Waals surface area (Å²) in [5, 5.41) is 12.2. The standard InChI is InChI=1S/C19H12O7/c20-18-10-3-9-1-2-22-12(9)5-13(10)26-17-7-23-14-6-16-15(24-8-25-16)4-11(14)19(17,18)21/h1-6,17,21H,7-8H2/t17-,19-/m1/s1. The summed E-state index contributed by atoms with van der Waals surface area (Å²) in [5.41, 5.74) is -0.620. The largest absolute Gasteiger partial charge is 0.489 e. The van der Waals surface area contributed by atoms with Crippen LogP contribution in [0.1, 0.15) is 15.9 Å². The average Bonchev–Trinajstić information content (AvgIpc) is 3.28. The fraction of sp³-hybridized carbons (Fsp3) is 0.211. The Morgan fingerprint density at radius 2 is 1.85 bits per heavy atom. The van der Waals surface area contributed by atoms with Crippen LogP contribution in [0.3, 0.4) is 0 Å². The van der Waals surface area contributed by atoms with E-state index in [1.54, 1.807) is 36.6 Å². The first kappa shape index (κ1) is 14.0. The summed E-state index contributed by atoms with van der Waals surface area (Å²) >= 11 is 0. The molecular formula is C19H12O7. The first-order valence-electron chi connectivity index (χ1n) is 8.16. The van der Waals surface area contributed by atoms with Gasteiger partial charge in [-0.25, -0.2) is 0 Å². The molecule has 1 N–H and O–H groups in total. The van der Waals surface area contributed by atoms with Gasteiger partial charge in [-0.2, -0.15) is 0 Å². The number of benzene rings is 2. The first-order chi connectivity index (χ1) is 12.6. The minimum Gasteiger partial charge on any atom is -0.489 e. The maximum Gasteiger partial charge on any atom is 0.231 e. The highest BCUT2D eigenvalue weighted by molar-refractivity contribution is 6.09. The van der Waals surface area contributed by atoms with Crippen molar-refractivity contribution in [3.8, 4) is 23.0 Å². The number of ether oxygens (including phenoxy) is 4. The average molecular weight is 352 g/mol. The molecule has 26 heavy (non-hydrogen) atoms. The molecule has 2 aromatic carbocycles. The maximum atomic E-state index is 13.3. The molecule has 0 unspecified atom stereocenters. The molecule has 0 fully saturated rings. The summed E-state index contributed by atoms with van der Waals surface area (Å²) in [6.45, 7) is 0.121. The first-order valence-corrected chi connectivity index (χ1v) is 8.16. The van der Waals surface area contributed by atoms with Crippen molar-refractivity contribution in [3.05, 3.63) is 47.7 Å². The van der Waals surface area contributed by atoms with Crippen LogP contribution in [0, 0.1) is 0 Å². The Hall–Kier alpha value is -3.19. The SMILES string of the molecule is O=C1c2cc3ccoc3cc2O[C@@H]2COc3cc4c(cc3[C@]12O)OCO4. The van der Waals surface area contributed by atoms with E-state index in [0.717, 1.165) is 5.39 Å². The Morgan fingerprint density at radius 1 is 1.00 bits per heavy atom. The van der Waals surface area contributed by atoms with E-state index in [4.69, 9.17) is 23.4 Å². The van der Waals surface area contributed by atoms with Gasteiger partial charge in [0, 0.05) is 23.1 Å². The lowest BCUT2D eigenvalue weighted by molar-refractivity contribution is -0.0798. The van der Waals surface area contributed by atoms with Crippen LogP contribution in [0.15, 0.2) is 41.0 Å². The van der Waals surface area contributed by atoms with E-state index in [2.05, 4.69) is 0 Å². The molecule has 3 aliphatic heterocycles. The Balaban J connectivity index is 1.57. The third-order valence-electron chi connectivity index (χ3n) is 5.16. The predicted molar refractivity (Wildman–Crippen MR) is 86.9 cm³/mol. The number of ketones is 1. The second-order valence-corrected chi connectivity index (χ2v) is 6.52. The summed E-state index contributed by atoms with van der Waals surface area (Å²) in [4.78, 5) is 13.3. The lowest BCUT2D eigenvalue weighted by Crippen LogP contribution is -2.57. The molecule has 0 aliphatic carbocycles. The smallest absolute Gasteiger partial charge is 0.231 e. The minimum absolute atomic E-state index is 0.0323. The quantitative estimate of drug-likeness (QED) is 0.665. The van der Waals surface area contributed by atoms with Crippen molar-refractivity contribution >= 4 is 16.8 Å².